The van der Waals surface area contributed by atoms with E-state index in [1.807, 2.05) is 0 Å². The summed E-state index contributed by atoms with van der Waals surface area (Å²) in [6.07, 6.45) is 0. The fraction of sp³-hybridized carbons (Fsp3) is 0.0625. The van der Waals surface area contributed by atoms with Gasteiger partial charge in [-0.2, -0.15) is 0 Å². The fourth-order valence-corrected chi connectivity index (χ4v) is 5.68. The monoisotopic (exact) mass is 504 g/mol. The molecule has 0 aliphatic heterocycles. The van der Waals surface area contributed by atoms with Crippen LogP contribution in [0.3, 0.4) is 0 Å². The first-order chi connectivity index (χ1) is 17.5. The van der Waals surface area contributed by atoms with Crippen molar-refractivity contribution in [2.75, 3.05) is 0 Å². The van der Waals surface area contributed by atoms with E-state index < -0.39 is 0 Å². The highest BCUT2D eigenvalue weighted by Gasteiger charge is 2.08. The molecule has 4 N–H and O–H groups in total. The van der Waals surface area contributed by atoms with E-state index in [9.17, 15) is 0 Å². The SMILES string of the molecule is Cc1c2ccccc2cc2ccccc12.N/C(S)=C(/N)SCc1c2ccccc2cc2ccccc12. The number of aryl methyl sites for hydroxylation is 1. The van der Waals surface area contributed by atoms with Crippen LogP contribution in [0.1, 0.15) is 11.1 Å². The number of hydrogen-bond donors (Lipinski definition) is 3. The molecule has 0 fully saturated rings. The normalized spacial score (nSPS) is 11.9. The van der Waals surface area contributed by atoms with E-state index >= 15 is 0 Å². The van der Waals surface area contributed by atoms with Crippen molar-refractivity contribution < 1.29 is 0 Å². The van der Waals surface area contributed by atoms with E-state index in [0.717, 1.165) is 5.75 Å². The zero-order valence-electron chi connectivity index (χ0n) is 20.1. The van der Waals surface area contributed by atoms with Crippen LogP contribution in [0.15, 0.2) is 119 Å². The van der Waals surface area contributed by atoms with Gasteiger partial charge in [-0.3, -0.25) is 0 Å². The van der Waals surface area contributed by atoms with Gasteiger partial charge >= 0.3 is 0 Å². The summed E-state index contributed by atoms with van der Waals surface area (Å²) in [6, 6.07) is 38.5. The molecule has 0 aromatic heterocycles. The summed E-state index contributed by atoms with van der Waals surface area (Å²) in [7, 11) is 0. The lowest BCUT2D eigenvalue weighted by Gasteiger charge is -2.11. The van der Waals surface area contributed by atoms with Crippen molar-refractivity contribution in [1.82, 2.24) is 0 Å². The molecule has 6 rings (SSSR count). The second-order valence-corrected chi connectivity index (χ2v) is 10.3. The summed E-state index contributed by atoms with van der Waals surface area (Å²) in [5.74, 6) is 0.773. The van der Waals surface area contributed by atoms with Crippen LogP contribution >= 0.6 is 24.4 Å². The Hall–Kier alpha value is -3.60. The predicted octanol–water partition coefficient (Wildman–Crippen LogP) is 8.50. The summed E-state index contributed by atoms with van der Waals surface area (Å²) in [6.45, 7) is 2.20. The average molecular weight is 505 g/mol. The minimum atomic E-state index is 0.379. The number of rotatable bonds is 3. The van der Waals surface area contributed by atoms with Gasteiger partial charge in [-0.1, -0.05) is 97.1 Å². The summed E-state index contributed by atoms with van der Waals surface area (Å²) < 4.78 is 0. The number of fused-ring (bicyclic) bond motifs is 4. The molecule has 0 spiro atoms. The second kappa shape index (κ2) is 10.6. The molecule has 36 heavy (non-hydrogen) atoms. The third-order valence-corrected chi connectivity index (χ3v) is 7.90. The van der Waals surface area contributed by atoms with Crippen LogP contribution in [0.5, 0.6) is 0 Å². The van der Waals surface area contributed by atoms with Crippen LogP contribution in [0, 0.1) is 6.92 Å². The molecule has 0 heterocycles. The number of nitrogens with two attached hydrogens (primary N) is 2. The number of benzene rings is 6. The van der Waals surface area contributed by atoms with Gasteiger partial charge in [0, 0.05) is 5.75 Å². The molecule has 0 unspecified atom stereocenters. The summed E-state index contributed by atoms with van der Waals surface area (Å²) in [5.41, 5.74) is 14.2. The molecule has 0 atom stereocenters. The zero-order chi connectivity index (χ0) is 25.1. The molecule has 0 saturated heterocycles. The molecule has 6 aromatic carbocycles. The van der Waals surface area contributed by atoms with Crippen LogP contribution in [0.4, 0.5) is 0 Å². The van der Waals surface area contributed by atoms with E-state index in [1.54, 1.807) is 0 Å². The Bertz CT molecular complexity index is 1630. The second-order valence-electron chi connectivity index (χ2n) is 8.78. The van der Waals surface area contributed by atoms with Crippen molar-refractivity contribution in [3.63, 3.8) is 0 Å². The molecular weight excluding hydrogens is 477 g/mol. The van der Waals surface area contributed by atoms with Crippen molar-refractivity contribution in [1.29, 1.82) is 0 Å². The van der Waals surface area contributed by atoms with Crippen molar-refractivity contribution in [2.45, 2.75) is 12.7 Å². The molecule has 0 aliphatic rings. The molecule has 6 aromatic rings. The van der Waals surface area contributed by atoms with Gasteiger partial charge in [0.05, 0.1) is 10.1 Å². The zero-order valence-corrected chi connectivity index (χ0v) is 21.8. The number of hydrogen-bond acceptors (Lipinski definition) is 4. The summed E-state index contributed by atoms with van der Waals surface area (Å²) in [5, 5.41) is 11.3. The number of thiol groups is 1. The van der Waals surface area contributed by atoms with Crippen molar-refractivity contribution in [2.24, 2.45) is 11.5 Å². The van der Waals surface area contributed by atoms with Crippen LogP contribution < -0.4 is 11.5 Å². The Morgan fingerprint density at radius 1 is 0.611 bits per heavy atom. The largest absolute Gasteiger partial charge is 0.392 e. The topological polar surface area (TPSA) is 52.0 Å². The Morgan fingerprint density at radius 3 is 1.39 bits per heavy atom. The van der Waals surface area contributed by atoms with Crippen LogP contribution in [-0.4, -0.2) is 0 Å². The molecule has 2 nitrogen and oxygen atoms in total. The highest BCUT2D eigenvalue weighted by atomic mass is 32.2. The standard InChI is InChI=1S/C17H16N2S2.C15H12/c18-16(20)17(19)21-10-15-13-7-3-1-5-11(13)9-12-6-2-4-8-14(12)15;1-11-14-8-4-2-6-12(14)10-13-7-3-5-9-15(11)13/h1-9,20H,10,18-19H2;2-10H,1H3/b17-16+;. The first kappa shape index (κ1) is 24.1. The minimum absolute atomic E-state index is 0.379. The maximum absolute atomic E-state index is 5.89. The van der Waals surface area contributed by atoms with E-state index in [0.29, 0.717) is 10.1 Å². The average Bonchev–Trinajstić information content (AvgIpc) is 2.91. The van der Waals surface area contributed by atoms with Gasteiger partial charge in [0.1, 0.15) is 0 Å². The smallest absolute Gasteiger partial charge is 0.0957 e. The van der Waals surface area contributed by atoms with Crippen molar-refractivity contribution in [3.8, 4) is 0 Å². The third-order valence-electron chi connectivity index (χ3n) is 6.55. The van der Waals surface area contributed by atoms with E-state index in [2.05, 4.69) is 129 Å². The van der Waals surface area contributed by atoms with Gasteiger partial charge in [0.2, 0.25) is 0 Å². The maximum atomic E-state index is 5.89. The molecule has 0 bridgehead atoms. The maximum Gasteiger partial charge on any atom is 0.0957 e. The van der Waals surface area contributed by atoms with Gasteiger partial charge in [-0.25, -0.2) is 0 Å². The van der Waals surface area contributed by atoms with Gasteiger partial charge < -0.3 is 11.5 Å². The lowest BCUT2D eigenvalue weighted by Crippen LogP contribution is -2.02. The van der Waals surface area contributed by atoms with Crippen molar-refractivity contribution in [3.05, 3.63) is 130 Å². The minimum Gasteiger partial charge on any atom is -0.392 e. The van der Waals surface area contributed by atoms with Crippen LogP contribution in [0.25, 0.3) is 43.1 Å². The van der Waals surface area contributed by atoms with Crippen LogP contribution in [-0.2, 0) is 5.75 Å². The highest BCUT2D eigenvalue weighted by Crippen LogP contribution is 2.33. The predicted molar refractivity (Wildman–Crippen MR) is 163 cm³/mol. The fourth-order valence-electron chi connectivity index (χ4n) is 4.73. The Kier molecular flexibility index (Phi) is 7.08. The van der Waals surface area contributed by atoms with Gasteiger partial charge in [-0.15, -0.1) is 24.4 Å². The Labute approximate surface area is 221 Å². The van der Waals surface area contributed by atoms with Gasteiger partial charge in [0.15, 0.2) is 0 Å². The van der Waals surface area contributed by atoms with E-state index in [-0.39, 0.29) is 0 Å². The lowest BCUT2D eigenvalue weighted by atomic mass is 9.98. The molecule has 0 radical (unpaired) electrons. The molecule has 4 heteroatoms. The third kappa shape index (κ3) is 4.88. The first-order valence-corrected chi connectivity index (χ1v) is 13.3. The van der Waals surface area contributed by atoms with Crippen molar-refractivity contribution >= 4 is 67.5 Å². The molecule has 0 amide bonds. The van der Waals surface area contributed by atoms with E-state index in [1.165, 1.54) is 66.0 Å². The van der Waals surface area contributed by atoms with Crippen LogP contribution in [0.2, 0.25) is 0 Å². The lowest BCUT2D eigenvalue weighted by molar-refractivity contribution is 1.41. The Balaban J connectivity index is 0.000000156. The molecular formula is C32H28N2S2. The number of thioether (sulfide) groups is 1. The molecule has 0 saturated carbocycles. The molecule has 0 aliphatic carbocycles. The Morgan fingerprint density at radius 2 is 0.972 bits per heavy atom. The van der Waals surface area contributed by atoms with E-state index in [4.69, 9.17) is 11.5 Å². The molecule has 178 valence electrons. The first-order valence-electron chi connectivity index (χ1n) is 11.9. The van der Waals surface area contributed by atoms with Gasteiger partial charge in [-0.05, 0) is 73.3 Å². The quantitative estimate of drug-likeness (QED) is 0.167. The highest BCUT2D eigenvalue weighted by molar-refractivity contribution is 8.03. The summed E-state index contributed by atoms with van der Waals surface area (Å²) >= 11 is 5.62. The van der Waals surface area contributed by atoms with Gasteiger partial charge in [0.25, 0.3) is 0 Å². The summed E-state index contributed by atoms with van der Waals surface area (Å²) in [4.78, 5) is 0.